The molecule has 9 nitrogen and oxygen atoms in total. The Bertz CT molecular complexity index is 1120. The van der Waals surface area contributed by atoms with E-state index in [1.165, 1.54) is 0 Å². The van der Waals surface area contributed by atoms with Crippen molar-refractivity contribution >= 4 is 28.4 Å². The van der Waals surface area contributed by atoms with E-state index < -0.39 is 17.9 Å². The van der Waals surface area contributed by atoms with Gasteiger partial charge in [0.05, 0.1) is 5.52 Å². The number of rotatable bonds is 4. The fourth-order valence-electron chi connectivity index (χ4n) is 3.02. The number of para-hydroxylation sites is 3. The maximum atomic E-state index is 12.2. The second kappa shape index (κ2) is 7.63. The Morgan fingerprint density at radius 2 is 1.90 bits per heavy atom. The molecule has 0 bridgehead atoms. The highest BCUT2D eigenvalue weighted by Gasteiger charge is 2.27. The van der Waals surface area contributed by atoms with Crippen LogP contribution in [0.3, 0.4) is 0 Å². The lowest BCUT2D eigenvalue weighted by Crippen LogP contribution is -2.45. The van der Waals surface area contributed by atoms with Crippen LogP contribution in [0.1, 0.15) is 0 Å². The standard InChI is InChI=1S/C20H18N4O5/c1-24-13-7-3-2-6-12(13)18(20(24)27)23-22-17(25)10-21-19(26)16-11-28-14-8-4-5-9-15(14)29-16/h2-9,16,27H,10-11H2,1H3,(H,21,26)/t16-/m0/s1. The lowest BCUT2D eigenvalue weighted by Gasteiger charge is -2.25. The summed E-state index contributed by atoms with van der Waals surface area (Å²) >= 11 is 0. The monoisotopic (exact) mass is 394 g/mol. The molecule has 0 fully saturated rings. The highest BCUT2D eigenvalue weighted by molar-refractivity contribution is 5.95. The Hall–Kier alpha value is -3.88. The molecule has 2 heterocycles. The number of nitrogens with zero attached hydrogens (tertiary/aromatic N) is 3. The molecule has 0 aliphatic carbocycles. The molecule has 9 heteroatoms. The largest absolute Gasteiger partial charge is 0.493 e. The highest BCUT2D eigenvalue weighted by Crippen LogP contribution is 2.37. The van der Waals surface area contributed by atoms with E-state index in [9.17, 15) is 14.7 Å². The van der Waals surface area contributed by atoms with E-state index in [2.05, 4.69) is 15.5 Å². The first-order valence-corrected chi connectivity index (χ1v) is 8.91. The van der Waals surface area contributed by atoms with Crippen LogP contribution in [-0.2, 0) is 16.6 Å². The Morgan fingerprint density at radius 3 is 2.72 bits per heavy atom. The Labute approximate surface area is 165 Å². The molecular formula is C20H18N4O5. The minimum Gasteiger partial charge on any atom is -0.493 e. The number of aromatic hydroxyl groups is 1. The molecule has 4 rings (SSSR count). The van der Waals surface area contributed by atoms with E-state index in [4.69, 9.17) is 9.47 Å². The van der Waals surface area contributed by atoms with Gasteiger partial charge in [-0.1, -0.05) is 30.3 Å². The Balaban J connectivity index is 1.37. The molecule has 3 aromatic rings. The van der Waals surface area contributed by atoms with Gasteiger partial charge < -0.3 is 24.5 Å². The zero-order valence-electron chi connectivity index (χ0n) is 15.5. The highest BCUT2D eigenvalue weighted by atomic mass is 16.6. The van der Waals surface area contributed by atoms with Gasteiger partial charge in [-0.05, 0) is 18.2 Å². The molecule has 148 valence electrons. The fourth-order valence-corrected chi connectivity index (χ4v) is 3.02. The summed E-state index contributed by atoms with van der Waals surface area (Å²) in [5.74, 6) is -0.218. The van der Waals surface area contributed by atoms with Gasteiger partial charge in [0.1, 0.15) is 13.2 Å². The molecule has 0 saturated carbocycles. The van der Waals surface area contributed by atoms with Crippen LogP contribution in [-0.4, -0.2) is 40.7 Å². The van der Waals surface area contributed by atoms with Crippen molar-refractivity contribution in [3.8, 4) is 17.4 Å². The van der Waals surface area contributed by atoms with Crippen LogP contribution in [0.4, 0.5) is 5.69 Å². The molecule has 1 aliphatic rings. The molecular weight excluding hydrogens is 376 g/mol. The number of carbonyl (C=O) groups excluding carboxylic acids is 2. The zero-order valence-corrected chi connectivity index (χ0v) is 15.5. The van der Waals surface area contributed by atoms with Gasteiger partial charge in [-0.2, -0.15) is 0 Å². The van der Waals surface area contributed by atoms with Crippen molar-refractivity contribution in [3.63, 3.8) is 0 Å². The van der Waals surface area contributed by atoms with Crippen molar-refractivity contribution in [3.05, 3.63) is 48.5 Å². The summed E-state index contributed by atoms with van der Waals surface area (Å²) in [6, 6.07) is 14.2. The van der Waals surface area contributed by atoms with Crippen molar-refractivity contribution < 1.29 is 24.2 Å². The first-order chi connectivity index (χ1) is 14.0. The van der Waals surface area contributed by atoms with Gasteiger partial charge in [0, 0.05) is 12.4 Å². The van der Waals surface area contributed by atoms with Gasteiger partial charge in [0.2, 0.25) is 12.0 Å². The number of ether oxygens (including phenoxy) is 2. The number of amides is 2. The van der Waals surface area contributed by atoms with Gasteiger partial charge in [0.25, 0.3) is 11.8 Å². The van der Waals surface area contributed by atoms with E-state index in [0.717, 1.165) is 5.52 Å². The number of hydrogen-bond acceptors (Lipinski definition) is 6. The van der Waals surface area contributed by atoms with Crippen LogP contribution >= 0.6 is 0 Å². The van der Waals surface area contributed by atoms with Crippen molar-refractivity contribution in [2.75, 3.05) is 13.2 Å². The van der Waals surface area contributed by atoms with Crippen LogP contribution in [0.5, 0.6) is 17.4 Å². The second-order valence-corrected chi connectivity index (χ2v) is 6.42. The number of carbonyl (C=O) groups is 2. The number of aryl methyl sites for hydroxylation is 1. The first-order valence-electron chi connectivity index (χ1n) is 8.91. The van der Waals surface area contributed by atoms with Crippen LogP contribution in [0, 0.1) is 0 Å². The van der Waals surface area contributed by atoms with Crippen LogP contribution in [0.25, 0.3) is 10.9 Å². The number of fused-ring (bicyclic) bond motifs is 2. The molecule has 0 unspecified atom stereocenters. The van der Waals surface area contributed by atoms with Crippen molar-refractivity contribution in [1.29, 1.82) is 0 Å². The average molecular weight is 394 g/mol. The normalized spacial score (nSPS) is 15.6. The summed E-state index contributed by atoms with van der Waals surface area (Å²) < 4.78 is 12.6. The van der Waals surface area contributed by atoms with Crippen LogP contribution in [0.15, 0.2) is 58.8 Å². The Kier molecular flexibility index (Phi) is 4.86. The predicted octanol–water partition coefficient (Wildman–Crippen LogP) is 2.45. The van der Waals surface area contributed by atoms with Gasteiger partial charge in [-0.15, -0.1) is 10.2 Å². The molecule has 0 spiro atoms. The smallest absolute Gasteiger partial charge is 0.283 e. The van der Waals surface area contributed by atoms with E-state index >= 15 is 0 Å². The molecule has 2 amide bonds. The van der Waals surface area contributed by atoms with Crippen molar-refractivity contribution in [2.24, 2.45) is 17.3 Å². The summed E-state index contributed by atoms with van der Waals surface area (Å²) in [5.41, 5.74) is 0.956. The molecule has 1 aromatic heterocycles. The third-order valence-electron chi connectivity index (χ3n) is 4.53. The lowest BCUT2D eigenvalue weighted by molar-refractivity contribution is -0.132. The number of hydrogen-bond donors (Lipinski definition) is 2. The molecule has 2 aromatic carbocycles. The van der Waals surface area contributed by atoms with Gasteiger partial charge in [-0.3, -0.25) is 9.59 Å². The zero-order chi connectivity index (χ0) is 20.4. The third kappa shape index (κ3) is 3.62. The summed E-state index contributed by atoms with van der Waals surface area (Å²) in [7, 11) is 1.68. The van der Waals surface area contributed by atoms with E-state index in [0.29, 0.717) is 16.9 Å². The van der Waals surface area contributed by atoms with Gasteiger partial charge in [0.15, 0.2) is 17.2 Å². The summed E-state index contributed by atoms with van der Waals surface area (Å²) in [5, 5.41) is 20.8. The minimum absolute atomic E-state index is 0.0441. The van der Waals surface area contributed by atoms with Gasteiger partial charge >= 0.3 is 0 Å². The molecule has 1 aliphatic heterocycles. The fraction of sp³-hybridized carbons (Fsp3) is 0.200. The lowest BCUT2D eigenvalue weighted by atomic mass is 10.2. The Morgan fingerprint density at radius 1 is 1.17 bits per heavy atom. The third-order valence-corrected chi connectivity index (χ3v) is 4.53. The molecule has 29 heavy (non-hydrogen) atoms. The predicted molar refractivity (Wildman–Crippen MR) is 103 cm³/mol. The molecule has 0 radical (unpaired) electrons. The molecule has 1 atom stereocenters. The van der Waals surface area contributed by atoms with E-state index in [1.54, 1.807) is 48.0 Å². The number of azo groups is 1. The number of aromatic nitrogens is 1. The molecule has 0 saturated heterocycles. The topological polar surface area (TPSA) is 115 Å². The van der Waals surface area contributed by atoms with E-state index in [-0.39, 0.29) is 24.7 Å². The maximum absolute atomic E-state index is 12.2. The second-order valence-electron chi connectivity index (χ2n) is 6.42. The van der Waals surface area contributed by atoms with Gasteiger partial charge in [-0.25, -0.2) is 0 Å². The first kappa shape index (κ1) is 18.5. The SMILES string of the molecule is Cn1c(O)c(N=NC(=O)CNC(=O)[C@@H]2COc3ccccc3O2)c2ccccc21. The summed E-state index contributed by atoms with van der Waals surface area (Å²) in [4.78, 5) is 24.3. The van der Waals surface area contributed by atoms with Crippen LogP contribution < -0.4 is 14.8 Å². The summed E-state index contributed by atoms with van der Waals surface area (Å²) in [6.07, 6.45) is -0.864. The van der Waals surface area contributed by atoms with Crippen molar-refractivity contribution in [2.45, 2.75) is 6.10 Å². The number of benzene rings is 2. The minimum atomic E-state index is -0.864. The van der Waals surface area contributed by atoms with Crippen LogP contribution in [0.2, 0.25) is 0 Å². The quantitative estimate of drug-likeness (QED) is 0.660. The molecule has 2 N–H and O–H groups in total. The maximum Gasteiger partial charge on any atom is 0.283 e. The summed E-state index contributed by atoms with van der Waals surface area (Å²) in [6.45, 7) is -0.308. The number of nitrogens with one attached hydrogen (secondary N) is 1. The van der Waals surface area contributed by atoms with E-state index in [1.807, 2.05) is 12.1 Å². The van der Waals surface area contributed by atoms with Crippen molar-refractivity contribution in [1.82, 2.24) is 9.88 Å². The average Bonchev–Trinajstić information content (AvgIpc) is 3.00.